The molecule has 0 spiro atoms. The van der Waals surface area contributed by atoms with Gasteiger partial charge >= 0.3 is 5.97 Å². The molecule has 0 aliphatic heterocycles. The molecule has 0 saturated heterocycles. The number of ether oxygens (including phenoxy) is 2. The third-order valence-corrected chi connectivity index (χ3v) is 5.05. The minimum Gasteiger partial charge on any atom is -0.489 e. The molecule has 0 aliphatic rings. The number of hydrogen-bond acceptors (Lipinski definition) is 4. The van der Waals surface area contributed by atoms with Gasteiger partial charge in [-0.1, -0.05) is 48.5 Å². The van der Waals surface area contributed by atoms with Crippen LogP contribution in [-0.4, -0.2) is 25.3 Å². The van der Waals surface area contributed by atoms with Gasteiger partial charge < -0.3 is 9.47 Å². The van der Waals surface area contributed by atoms with Crippen LogP contribution in [0.15, 0.2) is 65.6 Å². The second-order valence-electron chi connectivity index (χ2n) is 6.04. The van der Waals surface area contributed by atoms with Gasteiger partial charge in [0.05, 0.1) is 13.5 Å². The van der Waals surface area contributed by atoms with E-state index in [1.54, 1.807) is 6.08 Å². The van der Waals surface area contributed by atoms with Crippen LogP contribution in [0.3, 0.4) is 0 Å². The number of rotatable bonds is 11. The third-order valence-electron chi connectivity index (χ3n) is 3.97. The number of alkyl halides is 2. The first kappa shape index (κ1) is 22.0. The lowest BCUT2D eigenvalue weighted by molar-refractivity contribution is -0.140. The lowest BCUT2D eigenvalue weighted by Gasteiger charge is -2.08. The average molecular weight is 406 g/mol. The summed E-state index contributed by atoms with van der Waals surface area (Å²) in [4.78, 5) is 11.1. The van der Waals surface area contributed by atoms with E-state index in [2.05, 4.69) is 4.74 Å². The number of esters is 1. The summed E-state index contributed by atoms with van der Waals surface area (Å²) >= 11 is 1.01. The van der Waals surface area contributed by atoms with Gasteiger partial charge in [0, 0.05) is 10.7 Å². The van der Waals surface area contributed by atoms with Crippen LogP contribution in [0.1, 0.15) is 24.0 Å². The lowest BCUT2D eigenvalue weighted by Crippen LogP contribution is -2.02. The Hall–Kier alpha value is -2.34. The van der Waals surface area contributed by atoms with Crippen molar-refractivity contribution in [2.24, 2.45) is 0 Å². The Labute approximate surface area is 168 Å². The van der Waals surface area contributed by atoms with E-state index in [0.29, 0.717) is 19.4 Å². The molecule has 0 aromatic heterocycles. The van der Waals surface area contributed by atoms with E-state index in [0.717, 1.165) is 28.6 Å². The average Bonchev–Trinajstić information content (AvgIpc) is 2.72. The van der Waals surface area contributed by atoms with Gasteiger partial charge in [-0.2, -0.15) is 0 Å². The third kappa shape index (κ3) is 8.13. The van der Waals surface area contributed by atoms with E-state index in [4.69, 9.17) is 4.74 Å². The molecule has 3 nitrogen and oxygen atoms in total. The molecule has 2 aromatic rings. The molecular weight excluding hydrogens is 382 g/mol. The van der Waals surface area contributed by atoms with Crippen LogP contribution in [0.4, 0.5) is 8.78 Å². The number of carbonyl (C=O) groups is 1. The molecule has 150 valence electrons. The highest BCUT2D eigenvalue weighted by Crippen LogP contribution is 2.25. The van der Waals surface area contributed by atoms with Crippen molar-refractivity contribution in [2.75, 3.05) is 12.9 Å². The fourth-order valence-corrected chi connectivity index (χ4v) is 3.31. The van der Waals surface area contributed by atoms with Crippen molar-refractivity contribution in [1.82, 2.24) is 0 Å². The maximum absolute atomic E-state index is 13.1. The Balaban J connectivity index is 1.78. The van der Waals surface area contributed by atoms with Crippen LogP contribution < -0.4 is 4.74 Å². The number of benzene rings is 2. The van der Waals surface area contributed by atoms with Crippen LogP contribution >= 0.6 is 11.8 Å². The van der Waals surface area contributed by atoms with Crippen LogP contribution in [0.5, 0.6) is 5.75 Å². The molecule has 28 heavy (non-hydrogen) atoms. The molecule has 0 amide bonds. The molecule has 2 rings (SSSR count). The molecule has 0 radical (unpaired) electrons. The van der Waals surface area contributed by atoms with Crippen molar-refractivity contribution in [2.45, 2.75) is 32.3 Å². The summed E-state index contributed by atoms with van der Waals surface area (Å²) in [6.45, 7) is 0.503. The highest BCUT2D eigenvalue weighted by atomic mass is 32.2. The van der Waals surface area contributed by atoms with Gasteiger partial charge in [-0.3, -0.25) is 4.79 Å². The summed E-state index contributed by atoms with van der Waals surface area (Å²) in [5.41, 5.74) is 2.15. The quantitative estimate of drug-likeness (QED) is 0.452. The minimum atomic E-state index is -2.53. The summed E-state index contributed by atoms with van der Waals surface area (Å²) < 4.78 is 36.4. The fraction of sp³-hybridized carbons (Fsp3) is 0.318. The smallest absolute Gasteiger partial charge is 0.306 e. The first-order valence-electron chi connectivity index (χ1n) is 9.02. The van der Waals surface area contributed by atoms with E-state index >= 15 is 0 Å². The van der Waals surface area contributed by atoms with Gasteiger partial charge in [0.1, 0.15) is 12.4 Å². The van der Waals surface area contributed by atoms with Crippen molar-refractivity contribution in [3.8, 4) is 5.75 Å². The molecule has 6 heteroatoms. The zero-order chi connectivity index (χ0) is 20.2. The van der Waals surface area contributed by atoms with Gasteiger partial charge in [0.25, 0.3) is 6.43 Å². The number of halogens is 2. The van der Waals surface area contributed by atoms with Crippen molar-refractivity contribution < 1.29 is 23.0 Å². The van der Waals surface area contributed by atoms with Gasteiger partial charge in [-0.05, 0) is 36.1 Å². The molecule has 0 bridgehead atoms. The maximum Gasteiger partial charge on any atom is 0.306 e. The molecule has 0 fully saturated rings. The van der Waals surface area contributed by atoms with E-state index in [1.807, 2.05) is 54.6 Å². The van der Waals surface area contributed by atoms with E-state index < -0.39 is 12.4 Å². The predicted octanol–water partition coefficient (Wildman–Crippen LogP) is 5.64. The zero-order valence-electron chi connectivity index (χ0n) is 15.8. The highest BCUT2D eigenvalue weighted by molar-refractivity contribution is 8.03. The maximum atomic E-state index is 13.1. The Bertz CT molecular complexity index is 746. The van der Waals surface area contributed by atoms with Crippen molar-refractivity contribution in [3.63, 3.8) is 0 Å². The summed E-state index contributed by atoms with van der Waals surface area (Å²) in [7, 11) is 1.29. The Morgan fingerprint density at radius 2 is 1.79 bits per heavy atom. The zero-order valence-corrected chi connectivity index (χ0v) is 16.6. The largest absolute Gasteiger partial charge is 0.489 e. The Kier molecular flexibility index (Phi) is 9.55. The van der Waals surface area contributed by atoms with Crippen molar-refractivity contribution >= 4 is 17.7 Å². The van der Waals surface area contributed by atoms with E-state index in [9.17, 15) is 13.6 Å². The summed E-state index contributed by atoms with van der Waals surface area (Å²) in [5, 5.41) is 0. The van der Waals surface area contributed by atoms with Crippen LogP contribution in [0, 0.1) is 0 Å². The molecule has 0 saturated carbocycles. The lowest BCUT2D eigenvalue weighted by atomic mass is 10.1. The fourth-order valence-electron chi connectivity index (χ4n) is 2.44. The summed E-state index contributed by atoms with van der Waals surface area (Å²) in [5.74, 6) is 0.668. The molecule has 0 heterocycles. The normalized spacial score (nSPS) is 11.5. The van der Waals surface area contributed by atoms with Gasteiger partial charge in [-0.15, -0.1) is 11.8 Å². The first-order chi connectivity index (χ1) is 13.6. The first-order valence-corrected chi connectivity index (χ1v) is 10.0. The van der Waals surface area contributed by atoms with Crippen molar-refractivity contribution in [1.29, 1.82) is 0 Å². The van der Waals surface area contributed by atoms with Gasteiger partial charge in [0.2, 0.25) is 0 Å². The van der Waals surface area contributed by atoms with Crippen LogP contribution in [0.25, 0.3) is 0 Å². The van der Waals surface area contributed by atoms with Gasteiger partial charge in [0.15, 0.2) is 0 Å². The van der Waals surface area contributed by atoms with Crippen LogP contribution in [0.2, 0.25) is 0 Å². The summed E-state index contributed by atoms with van der Waals surface area (Å²) in [6, 6.07) is 17.6. The SMILES string of the molecule is COC(=O)CCS/C(=C\CCc1ccc(OCc2ccccc2)cc1)C(F)F. The number of aryl methyl sites for hydroxylation is 1. The number of carbonyl (C=O) groups excluding carboxylic acids is 1. The second-order valence-corrected chi connectivity index (χ2v) is 7.21. The Morgan fingerprint density at radius 3 is 2.43 bits per heavy atom. The standard InChI is InChI=1S/C22H24F2O3S/c1-26-21(25)14-15-28-20(22(23)24)9-5-8-17-10-12-19(13-11-17)27-16-18-6-3-2-4-7-18/h2-4,6-7,9-13,22H,5,8,14-16H2,1H3/b20-9-. The topological polar surface area (TPSA) is 35.5 Å². The minimum absolute atomic E-state index is 0.00622. The molecule has 0 atom stereocenters. The number of hydrogen-bond donors (Lipinski definition) is 0. The van der Waals surface area contributed by atoms with Crippen LogP contribution in [-0.2, 0) is 22.6 Å². The van der Waals surface area contributed by atoms with Crippen molar-refractivity contribution in [3.05, 3.63) is 76.7 Å². The molecule has 0 unspecified atom stereocenters. The number of allylic oxidation sites excluding steroid dienone is 2. The monoisotopic (exact) mass is 406 g/mol. The molecule has 0 N–H and O–H groups in total. The van der Waals surface area contributed by atoms with E-state index in [-0.39, 0.29) is 17.1 Å². The molecule has 2 aromatic carbocycles. The molecular formula is C22H24F2O3S. The Morgan fingerprint density at radius 1 is 1.07 bits per heavy atom. The predicted molar refractivity (Wildman–Crippen MR) is 109 cm³/mol. The van der Waals surface area contributed by atoms with Gasteiger partial charge in [-0.25, -0.2) is 8.78 Å². The second kappa shape index (κ2) is 12.2. The number of methoxy groups -OCH3 is 1. The number of thioether (sulfide) groups is 1. The van der Waals surface area contributed by atoms with E-state index in [1.165, 1.54) is 7.11 Å². The highest BCUT2D eigenvalue weighted by Gasteiger charge is 2.12. The molecule has 0 aliphatic carbocycles. The summed E-state index contributed by atoms with van der Waals surface area (Å²) in [6.07, 6.45) is 0.306.